The summed E-state index contributed by atoms with van der Waals surface area (Å²) in [5, 5.41) is 3.36. The van der Waals surface area contributed by atoms with Gasteiger partial charge in [-0.15, -0.1) is 0 Å². The highest BCUT2D eigenvalue weighted by Crippen LogP contribution is 2.30. The number of rotatable bonds is 8. The number of fused-ring (bicyclic) bond motifs is 2. The van der Waals surface area contributed by atoms with Crippen molar-refractivity contribution < 1.29 is 18.4 Å². The van der Waals surface area contributed by atoms with Crippen LogP contribution in [0.2, 0.25) is 0 Å². The first kappa shape index (κ1) is 25.8. The fourth-order valence-corrected chi connectivity index (χ4v) is 5.06. The molecular formula is C29H31F2N5O2. The van der Waals surface area contributed by atoms with E-state index in [1.807, 2.05) is 43.0 Å². The Morgan fingerprint density at radius 2 is 2.00 bits per heavy atom. The van der Waals surface area contributed by atoms with Gasteiger partial charge >= 0.3 is 0 Å². The van der Waals surface area contributed by atoms with Crippen molar-refractivity contribution in [2.75, 3.05) is 27.2 Å². The normalized spacial score (nSPS) is 16.2. The molecule has 2 N–H and O–H groups in total. The van der Waals surface area contributed by atoms with E-state index in [2.05, 4.69) is 10.3 Å². The summed E-state index contributed by atoms with van der Waals surface area (Å²) in [5.74, 6) is -1.35. The Labute approximate surface area is 220 Å². The molecule has 0 spiro atoms. The molecule has 2 aliphatic rings. The number of allylic oxidation sites excluding steroid dienone is 3. The van der Waals surface area contributed by atoms with Crippen LogP contribution in [0, 0.1) is 18.6 Å². The number of benzene rings is 2. The number of aromatic nitrogens is 2. The van der Waals surface area contributed by atoms with E-state index >= 15 is 0 Å². The first-order valence-corrected chi connectivity index (χ1v) is 12.7. The van der Waals surface area contributed by atoms with E-state index in [1.54, 1.807) is 25.1 Å². The molecule has 2 aromatic carbocycles. The number of imidazole rings is 1. The SMILES string of the molecule is Cc1c(C[C@H](C)NC2=C(c3nc4cc5c(cc4[nH]3)CN(CCN(C)C)C5=O)C(=O)CC=C2)ccc(F)c1F. The Hall–Kier alpha value is -3.85. The standard InChI is InChI=1S/C29H31F2N5O2/c1-16(12-18-8-9-21(30)27(31)17(18)2)32-22-6-5-7-25(37)26(22)28-33-23-13-19-15-36(11-10-35(3)4)29(38)20(19)14-24(23)34-28/h5-6,8-9,13-14,16,32H,7,10-12,15H2,1-4H3,(H,33,34)/t16-/m0/s1. The van der Waals surface area contributed by atoms with Gasteiger partial charge in [-0.2, -0.15) is 0 Å². The van der Waals surface area contributed by atoms with Crippen molar-refractivity contribution in [1.82, 2.24) is 25.1 Å². The van der Waals surface area contributed by atoms with Gasteiger partial charge in [0.05, 0.1) is 16.6 Å². The van der Waals surface area contributed by atoms with E-state index in [0.717, 1.165) is 23.7 Å². The van der Waals surface area contributed by atoms with E-state index in [4.69, 9.17) is 4.98 Å². The molecule has 38 heavy (non-hydrogen) atoms. The molecule has 0 unspecified atom stereocenters. The lowest BCUT2D eigenvalue weighted by Crippen LogP contribution is -2.31. The number of carbonyl (C=O) groups is 2. The third kappa shape index (κ3) is 4.86. The van der Waals surface area contributed by atoms with Crippen molar-refractivity contribution in [3.63, 3.8) is 0 Å². The number of hydrogen-bond acceptors (Lipinski definition) is 5. The Morgan fingerprint density at radius 1 is 1.21 bits per heavy atom. The highest BCUT2D eigenvalue weighted by Gasteiger charge is 2.29. The Kier molecular flexibility index (Phi) is 6.88. The molecule has 1 aliphatic heterocycles. The average molecular weight is 520 g/mol. The predicted molar refractivity (Wildman–Crippen MR) is 142 cm³/mol. The number of Topliss-reactive ketones (excluding diaryl/α,β-unsaturated/α-hetero) is 1. The second-order valence-corrected chi connectivity index (χ2v) is 10.4. The molecule has 0 bridgehead atoms. The van der Waals surface area contributed by atoms with Crippen LogP contribution in [0.25, 0.3) is 16.6 Å². The van der Waals surface area contributed by atoms with Crippen LogP contribution in [-0.2, 0) is 17.8 Å². The van der Waals surface area contributed by atoms with Crippen molar-refractivity contribution in [2.24, 2.45) is 0 Å². The van der Waals surface area contributed by atoms with Crippen molar-refractivity contribution in [3.05, 3.63) is 81.8 Å². The van der Waals surface area contributed by atoms with Gasteiger partial charge in [-0.3, -0.25) is 9.59 Å². The lowest BCUT2D eigenvalue weighted by atomic mass is 9.97. The van der Waals surface area contributed by atoms with Gasteiger partial charge in [-0.25, -0.2) is 13.8 Å². The quantitative estimate of drug-likeness (QED) is 0.468. The number of nitrogens with zero attached hydrogens (tertiary/aromatic N) is 3. The minimum atomic E-state index is -0.864. The second kappa shape index (κ2) is 10.1. The molecule has 0 fully saturated rings. The first-order chi connectivity index (χ1) is 18.1. The molecule has 9 heteroatoms. The van der Waals surface area contributed by atoms with Gasteiger partial charge in [0.2, 0.25) is 0 Å². The van der Waals surface area contributed by atoms with E-state index in [9.17, 15) is 18.4 Å². The van der Waals surface area contributed by atoms with Crippen molar-refractivity contribution >= 4 is 28.3 Å². The molecule has 7 nitrogen and oxygen atoms in total. The topological polar surface area (TPSA) is 81.3 Å². The molecular weight excluding hydrogens is 488 g/mol. The van der Waals surface area contributed by atoms with Crippen LogP contribution >= 0.6 is 0 Å². The van der Waals surface area contributed by atoms with Crippen molar-refractivity contribution in [1.29, 1.82) is 0 Å². The monoisotopic (exact) mass is 519 g/mol. The van der Waals surface area contributed by atoms with Gasteiger partial charge in [-0.05, 0) is 75.3 Å². The average Bonchev–Trinajstić information content (AvgIpc) is 3.41. The Balaban J connectivity index is 1.42. The number of ketones is 1. The lowest BCUT2D eigenvalue weighted by Gasteiger charge is -2.21. The number of H-pyrrole nitrogens is 1. The van der Waals surface area contributed by atoms with Crippen LogP contribution in [0.15, 0.2) is 42.1 Å². The summed E-state index contributed by atoms with van der Waals surface area (Å²) in [5.41, 5.74) is 5.01. The van der Waals surface area contributed by atoms with Gasteiger partial charge in [0.1, 0.15) is 5.82 Å². The van der Waals surface area contributed by atoms with Gasteiger partial charge in [0.15, 0.2) is 17.4 Å². The number of likely N-dealkylation sites (N-methyl/N-ethyl adjacent to an activating group) is 1. The third-order valence-electron chi connectivity index (χ3n) is 7.15. The van der Waals surface area contributed by atoms with E-state index < -0.39 is 11.6 Å². The van der Waals surface area contributed by atoms with Gasteiger partial charge in [-0.1, -0.05) is 12.1 Å². The first-order valence-electron chi connectivity index (χ1n) is 12.7. The summed E-state index contributed by atoms with van der Waals surface area (Å²) >= 11 is 0. The second-order valence-electron chi connectivity index (χ2n) is 10.4. The van der Waals surface area contributed by atoms with Crippen LogP contribution in [-0.4, -0.2) is 64.7 Å². The molecule has 198 valence electrons. The molecule has 3 aromatic rings. The Bertz CT molecular complexity index is 1500. The summed E-state index contributed by atoms with van der Waals surface area (Å²) in [4.78, 5) is 37.8. The van der Waals surface area contributed by atoms with E-state index in [0.29, 0.717) is 53.2 Å². The zero-order valence-electron chi connectivity index (χ0n) is 22.0. The molecule has 0 radical (unpaired) electrons. The fraction of sp³-hybridized carbons (Fsp3) is 0.345. The van der Waals surface area contributed by atoms with E-state index in [-0.39, 0.29) is 29.7 Å². The largest absolute Gasteiger partial charge is 0.382 e. The van der Waals surface area contributed by atoms with Crippen LogP contribution in [0.5, 0.6) is 0 Å². The summed E-state index contributed by atoms with van der Waals surface area (Å²) in [6, 6.07) is 6.30. The lowest BCUT2D eigenvalue weighted by molar-refractivity contribution is -0.113. The molecule has 1 amide bonds. The Morgan fingerprint density at radius 3 is 2.76 bits per heavy atom. The molecule has 1 atom stereocenters. The van der Waals surface area contributed by atoms with Crippen LogP contribution in [0.1, 0.15) is 46.2 Å². The minimum absolute atomic E-state index is 0.00658. The highest BCUT2D eigenvalue weighted by atomic mass is 19.2. The molecule has 0 saturated heterocycles. The number of carbonyl (C=O) groups excluding carboxylic acids is 2. The number of amides is 1. The molecule has 0 saturated carbocycles. The van der Waals surface area contributed by atoms with Gasteiger partial charge < -0.3 is 20.1 Å². The summed E-state index contributed by atoms with van der Waals surface area (Å²) < 4.78 is 27.6. The van der Waals surface area contributed by atoms with Crippen LogP contribution < -0.4 is 5.32 Å². The molecule has 2 heterocycles. The van der Waals surface area contributed by atoms with Gasteiger partial charge in [0, 0.05) is 43.4 Å². The number of halogens is 2. The highest BCUT2D eigenvalue weighted by molar-refractivity contribution is 6.22. The maximum absolute atomic E-state index is 14.0. The molecule has 1 aromatic heterocycles. The van der Waals surface area contributed by atoms with Crippen molar-refractivity contribution in [3.8, 4) is 0 Å². The summed E-state index contributed by atoms with van der Waals surface area (Å²) in [6.45, 7) is 5.47. The van der Waals surface area contributed by atoms with Crippen LogP contribution in [0.4, 0.5) is 8.78 Å². The number of hydrogen-bond donors (Lipinski definition) is 2. The maximum atomic E-state index is 14.0. The predicted octanol–water partition coefficient (Wildman–Crippen LogP) is 4.13. The minimum Gasteiger partial charge on any atom is -0.382 e. The third-order valence-corrected chi connectivity index (χ3v) is 7.15. The smallest absolute Gasteiger partial charge is 0.254 e. The van der Waals surface area contributed by atoms with Crippen molar-refractivity contribution in [2.45, 2.75) is 39.3 Å². The maximum Gasteiger partial charge on any atom is 0.254 e. The zero-order chi connectivity index (χ0) is 27.1. The van der Waals surface area contributed by atoms with Gasteiger partial charge in [0.25, 0.3) is 5.91 Å². The zero-order valence-corrected chi connectivity index (χ0v) is 22.0. The number of nitrogens with one attached hydrogen (secondary N) is 2. The molecule has 1 aliphatic carbocycles. The fourth-order valence-electron chi connectivity index (χ4n) is 5.06. The number of aromatic amines is 1. The molecule has 5 rings (SSSR count). The summed E-state index contributed by atoms with van der Waals surface area (Å²) in [6.07, 6.45) is 4.34. The van der Waals surface area contributed by atoms with E-state index in [1.165, 1.54) is 0 Å². The van der Waals surface area contributed by atoms with Crippen LogP contribution in [0.3, 0.4) is 0 Å². The summed E-state index contributed by atoms with van der Waals surface area (Å²) in [7, 11) is 3.96.